The number of halogens is 1. The Balaban J connectivity index is 1.29. The summed E-state index contributed by atoms with van der Waals surface area (Å²) in [7, 11) is 0. The van der Waals surface area contributed by atoms with E-state index in [0.717, 1.165) is 18.8 Å². The molecule has 9 nitrogen and oxygen atoms in total. The van der Waals surface area contributed by atoms with Gasteiger partial charge in [-0.3, -0.25) is 9.69 Å². The monoisotopic (exact) mass is 468 g/mol. The van der Waals surface area contributed by atoms with Crippen LogP contribution in [0.1, 0.15) is 17.4 Å². The summed E-state index contributed by atoms with van der Waals surface area (Å²) in [6, 6.07) is 9.90. The molecule has 3 heterocycles. The van der Waals surface area contributed by atoms with E-state index in [-0.39, 0.29) is 37.4 Å². The van der Waals surface area contributed by atoms with E-state index < -0.39 is 5.97 Å². The lowest BCUT2D eigenvalue weighted by molar-refractivity contribution is -0.117. The molecule has 1 saturated heterocycles. The molecule has 2 aromatic carbocycles. The Labute approximate surface area is 195 Å². The Morgan fingerprint density at radius 1 is 1.09 bits per heavy atom. The van der Waals surface area contributed by atoms with Crippen LogP contribution in [0.15, 0.2) is 36.4 Å². The molecule has 1 aromatic heterocycles. The van der Waals surface area contributed by atoms with Crippen molar-refractivity contribution in [3.05, 3.63) is 47.9 Å². The van der Waals surface area contributed by atoms with Crippen LogP contribution < -0.4 is 19.7 Å². The molecule has 178 valence electrons. The first-order valence-electron chi connectivity index (χ1n) is 11.2. The fourth-order valence-corrected chi connectivity index (χ4v) is 4.27. The number of esters is 1. The molecule has 10 heteroatoms. The number of hydrogen-bond acceptors (Lipinski definition) is 7. The predicted octanol–water partition coefficient (Wildman–Crippen LogP) is 2.97. The first-order valence-corrected chi connectivity index (χ1v) is 11.2. The van der Waals surface area contributed by atoms with E-state index in [0.29, 0.717) is 41.2 Å². The normalized spacial score (nSPS) is 15.5. The van der Waals surface area contributed by atoms with Gasteiger partial charge in [0.05, 0.1) is 24.4 Å². The van der Waals surface area contributed by atoms with Crippen molar-refractivity contribution in [1.29, 1.82) is 0 Å². The van der Waals surface area contributed by atoms with Crippen LogP contribution >= 0.6 is 0 Å². The standard InChI is InChI=1S/C24H25FN4O5/c1-2-32-24(31)23-22(17-11-19-20(34-14-33-19)12-18(17)26-23)27-21(30)13-28-7-9-29(10-8-28)16-5-3-15(25)4-6-16/h3-6,11-12,26H,2,7-10,13-14H2,1H3,(H,27,30). The predicted molar refractivity (Wildman–Crippen MR) is 124 cm³/mol. The molecule has 0 unspecified atom stereocenters. The maximum atomic E-state index is 13.2. The SMILES string of the molecule is CCOC(=O)c1[nH]c2cc3c(cc2c1NC(=O)CN1CCN(c2ccc(F)cc2)CC1)OCO3. The van der Waals surface area contributed by atoms with Crippen LogP contribution in [-0.4, -0.2) is 67.9 Å². The molecular formula is C24H25FN4O5. The number of nitrogens with zero attached hydrogens (tertiary/aromatic N) is 2. The van der Waals surface area contributed by atoms with Crippen molar-refractivity contribution >= 4 is 34.2 Å². The molecule has 5 rings (SSSR count). The number of amides is 1. The van der Waals surface area contributed by atoms with Crippen LogP contribution in [-0.2, 0) is 9.53 Å². The summed E-state index contributed by atoms with van der Waals surface area (Å²) in [6.45, 7) is 5.05. The van der Waals surface area contributed by atoms with Crippen molar-refractivity contribution < 1.29 is 28.2 Å². The van der Waals surface area contributed by atoms with Crippen LogP contribution in [0, 0.1) is 5.82 Å². The molecule has 0 atom stereocenters. The van der Waals surface area contributed by atoms with Gasteiger partial charge in [0.15, 0.2) is 11.5 Å². The Morgan fingerprint density at radius 2 is 1.79 bits per heavy atom. The molecule has 0 spiro atoms. The largest absolute Gasteiger partial charge is 0.461 e. The number of rotatable bonds is 6. The van der Waals surface area contributed by atoms with Crippen molar-refractivity contribution in [2.45, 2.75) is 6.92 Å². The third-order valence-corrected chi connectivity index (χ3v) is 5.97. The molecule has 1 amide bonds. The second-order valence-corrected chi connectivity index (χ2v) is 8.13. The number of ether oxygens (including phenoxy) is 3. The molecule has 0 aliphatic carbocycles. The Morgan fingerprint density at radius 3 is 2.50 bits per heavy atom. The summed E-state index contributed by atoms with van der Waals surface area (Å²) < 4.78 is 29.2. The number of fused-ring (bicyclic) bond motifs is 2. The second kappa shape index (κ2) is 9.22. The van der Waals surface area contributed by atoms with Gasteiger partial charge >= 0.3 is 5.97 Å². The lowest BCUT2D eigenvalue weighted by Crippen LogP contribution is -2.48. The third-order valence-electron chi connectivity index (χ3n) is 5.97. The first-order chi connectivity index (χ1) is 16.5. The molecule has 34 heavy (non-hydrogen) atoms. The average Bonchev–Trinajstić information content (AvgIpc) is 3.43. The number of benzene rings is 2. The van der Waals surface area contributed by atoms with Gasteiger partial charge in [-0.05, 0) is 37.3 Å². The summed E-state index contributed by atoms with van der Waals surface area (Å²) in [6.07, 6.45) is 0. The van der Waals surface area contributed by atoms with Crippen molar-refractivity contribution in [1.82, 2.24) is 9.88 Å². The quantitative estimate of drug-likeness (QED) is 0.537. The number of hydrogen-bond donors (Lipinski definition) is 2. The first kappa shape index (κ1) is 22.0. The number of aromatic amines is 1. The Kier molecular flexibility index (Phi) is 5.97. The average molecular weight is 468 g/mol. The van der Waals surface area contributed by atoms with Crippen molar-refractivity contribution in [2.75, 3.05) is 56.3 Å². The van der Waals surface area contributed by atoms with E-state index >= 15 is 0 Å². The maximum absolute atomic E-state index is 13.2. The molecule has 0 saturated carbocycles. The molecule has 2 aliphatic heterocycles. The zero-order valence-electron chi connectivity index (χ0n) is 18.7. The van der Waals surface area contributed by atoms with Gasteiger partial charge in [0.2, 0.25) is 12.7 Å². The molecule has 2 N–H and O–H groups in total. The number of H-pyrrole nitrogens is 1. The fraction of sp³-hybridized carbons (Fsp3) is 0.333. The summed E-state index contributed by atoms with van der Waals surface area (Å²) >= 11 is 0. The summed E-state index contributed by atoms with van der Waals surface area (Å²) in [5.41, 5.74) is 2.13. The second-order valence-electron chi connectivity index (χ2n) is 8.13. The van der Waals surface area contributed by atoms with Crippen LogP contribution in [0.4, 0.5) is 15.8 Å². The molecule has 3 aromatic rings. The highest BCUT2D eigenvalue weighted by Gasteiger charge is 2.25. The zero-order chi connectivity index (χ0) is 23.7. The van der Waals surface area contributed by atoms with Gasteiger partial charge in [-0.2, -0.15) is 0 Å². The number of carbonyl (C=O) groups excluding carboxylic acids is 2. The minimum atomic E-state index is -0.552. The molecule has 0 radical (unpaired) electrons. The molecular weight excluding hydrogens is 443 g/mol. The highest BCUT2D eigenvalue weighted by molar-refractivity contribution is 6.11. The lowest BCUT2D eigenvalue weighted by Gasteiger charge is -2.35. The van der Waals surface area contributed by atoms with Crippen LogP contribution in [0.3, 0.4) is 0 Å². The van der Waals surface area contributed by atoms with E-state index in [1.165, 1.54) is 12.1 Å². The van der Waals surface area contributed by atoms with Gasteiger partial charge in [-0.1, -0.05) is 0 Å². The van der Waals surface area contributed by atoms with Crippen LogP contribution in [0.5, 0.6) is 11.5 Å². The summed E-state index contributed by atoms with van der Waals surface area (Å²) in [5, 5.41) is 3.54. The topological polar surface area (TPSA) is 96.1 Å². The lowest BCUT2D eigenvalue weighted by atomic mass is 10.2. The van der Waals surface area contributed by atoms with Crippen LogP contribution in [0.2, 0.25) is 0 Å². The number of anilines is 2. The van der Waals surface area contributed by atoms with E-state index in [4.69, 9.17) is 14.2 Å². The van der Waals surface area contributed by atoms with Gasteiger partial charge in [0.1, 0.15) is 11.5 Å². The van der Waals surface area contributed by atoms with E-state index in [2.05, 4.69) is 15.2 Å². The number of carbonyl (C=O) groups is 2. The van der Waals surface area contributed by atoms with E-state index in [1.54, 1.807) is 31.2 Å². The maximum Gasteiger partial charge on any atom is 0.356 e. The van der Waals surface area contributed by atoms with Gasteiger partial charge < -0.3 is 29.4 Å². The van der Waals surface area contributed by atoms with Crippen LogP contribution in [0.25, 0.3) is 10.9 Å². The number of aromatic nitrogens is 1. The number of piperazine rings is 1. The van der Waals surface area contributed by atoms with Crippen molar-refractivity contribution in [3.8, 4) is 11.5 Å². The Bertz CT molecular complexity index is 1220. The van der Waals surface area contributed by atoms with Gasteiger partial charge in [-0.15, -0.1) is 0 Å². The van der Waals surface area contributed by atoms with Crippen molar-refractivity contribution in [3.63, 3.8) is 0 Å². The number of nitrogens with one attached hydrogen (secondary N) is 2. The minimum absolute atomic E-state index is 0.123. The highest BCUT2D eigenvalue weighted by atomic mass is 19.1. The molecule has 1 fully saturated rings. The molecule has 2 aliphatic rings. The zero-order valence-corrected chi connectivity index (χ0v) is 18.7. The highest BCUT2D eigenvalue weighted by Crippen LogP contribution is 2.40. The molecule has 0 bridgehead atoms. The summed E-state index contributed by atoms with van der Waals surface area (Å²) in [5.74, 6) is 0.0706. The van der Waals surface area contributed by atoms with Crippen molar-refractivity contribution in [2.24, 2.45) is 0 Å². The summed E-state index contributed by atoms with van der Waals surface area (Å²) in [4.78, 5) is 32.7. The van der Waals surface area contributed by atoms with Gasteiger partial charge in [0.25, 0.3) is 0 Å². The smallest absolute Gasteiger partial charge is 0.356 e. The fourth-order valence-electron chi connectivity index (χ4n) is 4.27. The van der Waals surface area contributed by atoms with E-state index in [9.17, 15) is 14.0 Å². The third kappa shape index (κ3) is 4.36. The Hall–Kier alpha value is -3.79. The van der Waals surface area contributed by atoms with Gasteiger partial charge in [0, 0.05) is 43.3 Å². The van der Waals surface area contributed by atoms with Gasteiger partial charge in [-0.25, -0.2) is 9.18 Å². The minimum Gasteiger partial charge on any atom is -0.461 e. The van der Waals surface area contributed by atoms with E-state index in [1.807, 2.05) is 4.90 Å².